The molecule has 0 aromatic heterocycles. The van der Waals surface area contributed by atoms with Crippen molar-refractivity contribution in [2.24, 2.45) is 0 Å². The van der Waals surface area contributed by atoms with Crippen molar-refractivity contribution < 1.29 is 70.0 Å². The minimum Gasteiger partial charge on any atom is -0.743 e. The Labute approximate surface area is 242 Å². The van der Waals surface area contributed by atoms with Gasteiger partial charge < -0.3 is 4.55 Å². The molecule has 0 amide bonds. The molecule has 19 heteroatoms. The maximum Gasteiger partial charge on any atom is 0.460 e. The third-order valence-electron chi connectivity index (χ3n) is 5.23. The second-order valence-corrected chi connectivity index (χ2v) is 12.0. The summed E-state index contributed by atoms with van der Waals surface area (Å²) in [5.74, 6) is -32.6. The Morgan fingerprint density at radius 2 is 0.837 bits per heavy atom. The maximum absolute atomic E-state index is 12.7. The van der Waals surface area contributed by atoms with Crippen LogP contribution in [0.3, 0.4) is 0 Å². The summed E-state index contributed by atoms with van der Waals surface area (Å²) >= 11 is 6.01. The molecule has 0 spiro atoms. The van der Waals surface area contributed by atoms with Crippen LogP contribution in [0.1, 0.15) is 0 Å². The molecule has 0 aliphatic heterocycles. The molecule has 3 aromatic carbocycles. The molecule has 3 nitrogen and oxygen atoms in total. The summed E-state index contributed by atoms with van der Waals surface area (Å²) in [6, 6.07) is 29.4. The zero-order valence-electron chi connectivity index (χ0n) is 20.4. The molecule has 43 heavy (non-hydrogen) atoms. The Balaban J connectivity index is 0.000000302. The van der Waals surface area contributed by atoms with E-state index in [-0.39, 0.29) is 10.9 Å². The summed E-state index contributed by atoms with van der Waals surface area (Å²) < 4.78 is 189. The predicted octanol–water partition coefficient (Wildman–Crippen LogP) is 8.66. The minimum absolute atomic E-state index is 0.0815. The van der Waals surface area contributed by atoms with Gasteiger partial charge in [-0.3, -0.25) is 0 Å². The van der Waals surface area contributed by atoms with Crippen LogP contribution in [0.25, 0.3) is 0 Å². The summed E-state index contributed by atoms with van der Waals surface area (Å²) in [4.78, 5) is 3.92. The van der Waals surface area contributed by atoms with Crippen molar-refractivity contribution in [3.05, 3.63) is 90.0 Å². The van der Waals surface area contributed by atoms with Crippen LogP contribution in [-0.2, 0) is 21.0 Å². The molecule has 0 bridgehead atoms. The first-order chi connectivity index (χ1) is 19.3. The van der Waals surface area contributed by atoms with E-state index in [2.05, 4.69) is 72.8 Å². The highest BCUT2D eigenvalue weighted by atomic mass is 35.5. The van der Waals surface area contributed by atoms with E-state index < -0.39 is 45.2 Å². The molecule has 0 unspecified atom stereocenters. The molecular formula is C24H14ClF13O3S2. The second-order valence-electron chi connectivity index (χ2n) is 8.15. The van der Waals surface area contributed by atoms with Crippen LogP contribution in [-0.4, -0.2) is 48.1 Å². The van der Waals surface area contributed by atoms with Gasteiger partial charge in [0.25, 0.3) is 0 Å². The first kappa shape index (κ1) is 36.5. The fourth-order valence-electron chi connectivity index (χ4n) is 3.00. The van der Waals surface area contributed by atoms with Gasteiger partial charge in [0.05, 0.1) is 10.9 Å². The standard InChI is InChI=1S/C18H14ClS.C6HF13O3S/c19-15-11-13-18(14-12-15)20(16-7-3-1-4-8-16)17-9-5-2-6-10-17;7-1(8,3(11,12)5(15,16)17)2(9,10)4(13,14)6(18,19)23(20,21)22/h1-14H;(H,20,21,22)/q+1;/p-1. The van der Waals surface area contributed by atoms with E-state index in [1.807, 2.05) is 12.1 Å². The number of rotatable bonds is 8. The highest BCUT2D eigenvalue weighted by Crippen LogP contribution is 2.60. The molecular weight excluding hydrogens is 683 g/mol. The van der Waals surface area contributed by atoms with E-state index in [0.717, 1.165) is 5.02 Å². The third kappa shape index (κ3) is 6.86. The fourth-order valence-corrected chi connectivity index (χ4v) is 5.66. The maximum atomic E-state index is 12.7. The average Bonchev–Trinajstić information content (AvgIpc) is 2.90. The Bertz CT molecular complexity index is 1430. The molecule has 0 fully saturated rings. The molecule has 3 aromatic rings. The molecule has 0 heterocycles. The molecule has 0 saturated carbocycles. The highest BCUT2D eigenvalue weighted by Gasteiger charge is 2.91. The lowest BCUT2D eigenvalue weighted by Crippen LogP contribution is -2.71. The largest absolute Gasteiger partial charge is 0.743 e. The van der Waals surface area contributed by atoms with E-state index in [4.69, 9.17) is 11.6 Å². The first-order valence-electron chi connectivity index (χ1n) is 10.9. The van der Waals surface area contributed by atoms with Crippen LogP contribution in [0.2, 0.25) is 5.02 Å². The van der Waals surface area contributed by atoms with Crippen molar-refractivity contribution in [3.63, 3.8) is 0 Å². The Morgan fingerprint density at radius 3 is 1.16 bits per heavy atom. The lowest BCUT2D eigenvalue weighted by Gasteiger charge is -2.39. The zero-order chi connectivity index (χ0) is 33.3. The highest BCUT2D eigenvalue weighted by molar-refractivity contribution is 7.97. The normalized spacial score (nSPS) is 13.9. The summed E-state index contributed by atoms with van der Waals surface area (Å²) in [5.41, 5.74) is 0. The Hall–Kier alpha value is -2.70. The smallest absolute Gasteiger partial charge is 0.460 e. The van der Waals surface area contributed by atoms with Crippen LogP contribution >= 0.6 is 11.6 Å². The van der Waals surface area contributed by atoms with Gasteiger partial charge in [-0.05, 0) is 48.5 Å². The van der Waals surface area contributed by atoms with Gasteiger partial charge >= 0.3 is 35.1 Å². The van der Waals surface area contributed by atoms with E-state index in [9.17, 15) is 70.0 Å². The van der Waals surface area contributed by atoms with Crippen LogP contribution in [0, 0.1) is 0 Å². The van der Waals surface area contributed by atoms with Gasteiger partial charge in [0.15, 0.2) is 24.8 Å². The summed E-state index contributed by atoms with van der Waals surface area (Å²) in [6.07, 6.45) is -7.61. The number of hydrogen-bond donors (Lipinski definition) is 0. The van der Waals surface area contributed by atoms with Crippen molar-refractivity contribution in [3.8, 4) is 0 Å². The second kappa shape index (κ2) is 12.4. The van der Waals surface area contributed by atoms with Gasteiger partial charge in [0.2, 0.25) is 0 Å². The van der Waals surface area contributed by atoms with E-state index >= 15 is 0 Å². The van der Waals surface area contributed by atoms with Crippen molar-refractivity contribution >= 4 is 32.6 Å². The molecule has 0 radical (unpaired) electrons. The molecule has 0 aliphatic carbocycles. The topological polar surface area (TPSA) is 57.2 Å². The van der Waals surface area contributed by atoms with E-state index in [0.29, 0.717) is 0 Å². The van der Waals surface area contributed by atoms with Crippen LogP contribution in [0.15, 0.2) is 99.6 Å². The first-order valence-corrected chi connectivity index (χ1v) is 13.9. The van der Waals surface area contributed by atoms with Gasteiger partial charge in [-0.1, -0.05) is 48.0 Å². The Morgan fingerprint density at radius 1 is 0.512 bits per heavy atom. The molecule has 0 saturated heterocycles. The SMILES string of the molecule is Clc1ccc([S+](c2ccccc2)c2ccccc2)cc1.O=S(=O)([O-])C(F)(F)C(F)(F)C(F)(F)C(F)(F)C(F)(F)C(F)(F)F. The van der Waals surface area contributed by atoms with Crippen LogP contribution in [0.4, 0.5) is 57.1 Å². The van der Waals surface area contributed by atoms with E-state index in [1.165, 1.54) is 14.7 Å². The average molecular weight is 697 g/mol. The van der Waals surface area contributed by atoms with Gasteiger partial charge in [0.1, 0.15) is 0 Å². The quantitative estimate of drug-likeness (QED) is 0.135. The number of halogens is 14. The predicted molar refractivity (Wildman–Crippen MR) is 127 cm³/mol. The fraction of sp³-hybridized carbons (Fsp3) is 0.250. The van der Waals surface area contributed by atoms with Gasteiger partial charge in [-0.25, -0.2) is 8.42 Å². The van der Waals surface area contributed by atoms with Crippen LogP contribution in [0.5, 0.6) is 0 Å². The number of benzene rings is 3. The van der Waals surface area contributed by atoms with Crippen molar-refractivity contribution in [2.75, 3.05) is 0 Å². The zero-order valence-corrected chi connectivity index (χ0v) is 22.8. The number of hydrogen-bond acceptors (Lipinski definition) is 3. The molecule has 238 valence electrons. The van der Waals surface area contributed by atoms with Crippen LogP contribution < -0.4 is 0 Å². The van der Waals surface area contributed by atoms with Gasteiger partial charge in [0, 0.05) is 5.02 Å². The number of alkyl halides is 13. The third-order valence-corrected chi connectivity index (χ3v) is 8.59. The van der Waals surface area contributed by atoms with Gasteiger partial charge in [-0.2, -0.15) is 57.1 Å². The molecule has 3 rings (SSSR count). The minimum atomic E-state index is -8.29. The monoisotopic (exact) mass is 696 g/mol. The van der Waals surface area contributed by atoms with Gasteiger partial charge in [-0.15, -0.1) is 0 Å². The molecule has 0 aliphatic rings. The van der Waals surface area contributed by atoms with Crippen molar-refractivity contribution in [2.45, 2.75) is 49.8 Å². The lowest BCUT2D eigenvalue weighted by molar-refractivity contribution is -0.433. The van der Waals surface area contributed by atoms with Crippen molar-refractivity contribution in [1.29, 1.82) is 0 Å². The lowest BCUT2D eigenvalue weighted by atomic mass is 9.98. The summed E-state index contributed by atoms with van der Waals surface area (Å²) in [7, 11) is -7.94. The molecule has 0 N–H and O–H groups in total. The summed E-state index contributed by atoms with van der Waals surface area (Å²) in [5, 5.41) is -6.85. The Kier molecular flexibility index (Phi) is 10.5. The summed E-state index contributed by atoms with van der Waals surface area (Å²) in [6.45, 7) is 0. The van der Waals surface area contributed by atoms with Crippen molar-refractivity contribution in [1.82, 2.24) is 0 Å². The molecule has 0 atom stereocenters. The van der Waals surface area contributed by atoms with E-state index in [1.54, 1.807) is 0 Å².